The van der Waals surface area contributed by atoms with Crippen LogP contribution in [0.4, 0.5) is 9.18 Å². The van der Waals surface area contributed by atoms with Crippen LogP contribution in [0.25, 0.3) is 11.1 Å². The SMILES string of the molecule is C[C@@H]1CN(Cc2cccc(-c3cccc(Oc4ncc(F)cc4C(=O)NC4CCC(NC(=O)O)CC4)c3)c2)C[C@H](C)N1. The van der Waals surface area contributed by atoms with Gasteiger partial charge in [0.1, 0.15) is 17.1 Å². The van der Waals surface area contributed by atoms with E-state index >= 15 is 0 Å². The molecule has 1 aliphatic carbocycles. The maximum atomic E-state index is 14.2. The molecule has 2 aromatic carbocycles. The third-order valence-electron chi connectivity index (χ3n) is 7.80. The highest BCUT2D eigenvalue weighted by Gasteiger charge is 2.26. The Labute approximate surface area is 245 Å². The maximum Gasteiger partial charge on any atom is 0.404 e. The molecule has 0 bridgehead atoms. The van der Waals surface area contributed by atoms with E-state index in [-0.39, 0.29) is 23.5 Å². The van der Waals surface area contributed by atoms with Gasteiger partial charge < -0.3 is 25.8 Å². The topological polar surface area (TPSA) is 116 Å². The first-order valence-corrected chi connectivity index (χ1v) is 14.5. The number of halogens is 1. The minimum atomic E-state index is -1.05. The summed E-state index contributed by atoms with van der Waals surface area (Å²) in [7, 11) is 0. The molecular weight excluding hydrogens is 537 g/mol. The van der Waals surface area contributed by atoms with Crippen LogP contribution >= 0.6 is 0 Å². The molecule has 5 rings (SSSR count). The Morgan fingerprint density at radius 1 is 0.976 bits per heavy atom. The van der Waals surface area contributed by atoms with Crippen molar-refractivity contribution in [3.05, 3.63) is 77.7 Å². The summed E-state index contributed by atoms with van der Waals surface area (Å²) >= 11 is 0. The predicted molar refractivity (Wildman–Crippen MR) is 158 cm³/mol. The zero-order valence-corrected chi connectivity index (χ0v) is 24.0. The number of benzene rings is 2. The molecule has 10 heteroatoms. The van der Waals surface area contributed by atoms with Gasteiger partial charge in [0.2, 0.25) is 5.88 Å². The zero-order valence-electron chi connectivity index (χ0n) is 24.0. The van der Waals surface area contributed by atoms with Crippen LogP contribution in [0, 0.1) is 5.82 Å². The van der Waals surface area contributed by atoms with Crippen molar-refractivity contribution in [2.75, 3.05) is 13.1 Å². The molecule has 2 heterocycles. The molecular formula is C32H38FN5O4. The number of nitrogens with one attached hydrogen (secondary N) is 3. The zero-order chi connectivity index (χ0) is 29.6. The van der Waals surface area contributed by atoms with Crippen LogP contribution in [0.5, 0.6) is 11.6 Å². The van der Waals surface area contributed by atoms with Crippen LogP contribution in [0.15, 0.2) is 60.8 Å². The van der Waals surface area contributed by atoms with Gasteiger partial charge >= 0.3 is 6.09 Å². The number of carboxylic acid groups (broad SMARTS) is 1. The van der Waals surface area contributed by atoms with E-state index in [0.29, 0.717) is 43.5 Å². The number of carbonyl (C=O) groups is 2. The second kappa shape index (κ2) is 13.3. The summed E-state index contributed by atoms with van der Waals surface area (Å²) in [4.78, 5) is 30.6. The Kier molecular flexibility index (Phi) is 9.34. The number of aromatic nitrogens is 1. The summed E-state index contributed by atoms with van der Waals surface area (Å²) in [5.74, 6) is -0.619. The van der Waals surface area contributed by atoms with E-state index < -0.39 is 17.8 Å². The lowest BCUT2D eigenvalue weighted by molar-refractivity contribution is 0.0919. The third-order valence-corrected chi connectivity index (χ3v) is 7.80. The predicted octanol–water partition coefficient (Wildman–Crippen LogP) is 5.17. The lowest BCUT2D eigenvalue weighted by Crippen LogP contribution is -2.53. The number of amides is 2. The quantitative estimate of drug-likeness (QED) is 0.293. The molecule has 2 fully saturated rings. The Morgan fingerprint density at radius 3 is 2.31 bits per heavy atom. The minimum Gasteiger partial charge on any atom is -0.465 e. The van der Waals surface area contributed by atoms with Gasteiger partial charge in [0, 0.05) is 43.8 Å². The fraction of sp³-hybridized carbons (Fsp3) is 0.406. The minimum absolute atomic E-state index is 0.00710. The molecule has 42 heavy (non-hydrogen) atoms. The summed E-state index contributed by atoms with van der Waals surface area (Å²) in [6, 6.07) is 17.7. The Bertz CT molecular complexity index is 1400. The Morgan fingerprint density at radius 2 is 1.62 bits per heavy atom. The number of rotatable bonds is 8. The molecule has 0 unspecified atom stereocenters. The highest BCUT2D eigenvalue weighted by Crippen LogP contribution is 2.30. The molecule has 4 N–H and O–H groups in total. The van der Waals surface area contributed by atoms with Gasteiger partial charge in [0.15, 0.2) is 0 Å². The van der Waals surface area contributed by atoms with Crippen molar-refractivity contribution in [1.82, 2.24) is 25.8 Å². The van der Waals surface area contributed by atoms with E-state index in [1.165, 1.54) is 5.56 Å². The normalized spacial score (nSPS) is 22.7. The van der Waals surface area contributed by atoms with Crippen molar-refractivity contribution in [1.29, 1.82) is 0 Å². The molecule has 9 nitrogen and oxygen atoms in total. The van der Waals surface area contributed by atoms with E-state index in [4.69, 9.17) is 9.84 Å². The lowest BCUT2D eigenvalue weighted by atomic mass is 9.91. The summed E-state index contributed by atoms with van der Waals surface area (Å²) in [5, 5.41) is 17.9. The van der Waals surface area contributed by atoms with E-state index in [2.05, 4.69) is 63.9 Å². The van der Waals surface area contributed by atoms with Crippen molar-refractivity contribution in [2.45, 2.75) is 70.2 Å². The Hall–Kier alpha value is -4.02. The molecule has 1 aliphatic heterocycles. The first-order chi connectivity index (χ1) is 20.2. The molecule has 0 spiro atoms. The average Bonchev–Trinajstić information content (AvgIpc) is 2.94. The van der Waals surface area contributed by atoms with Gasteiger partial charge in [0.05, 0.1) is 6.20 Å². The smallest absolute Gasteiger partial charge is 0.404 e. The maximum absolute atomic E-state index is 14.2. The van der Waals surface area contributed by atoms with E-state index in [1.54, 1.807) is 6.07 Å². The summed E-state index contributed by atoms with van der Waals surface area (Å²) < 4.78 is 20.2. The lowest BCUT2D eigenvalue weighted by Gasteiger charge is -2.36. The van der Waals surface area contributed by atoms with Gasteiger partial charge in [-0.05, 0) is 80.5 Å². The van der Waals surface area contributed by atoms with Crippen molar-refractivity contribution in [2.24, 2.45) is 0 Å². The van der Waals surface area contributed by atoms with E-state index in [1.807, 2.05) is 18.2 Å². The van der Waals surface area contributed by atoms with Crippen LogP contribution < -0.4 is 20.7 Å². The van der Waals surface area contributed by atoms with Crippen molar-refractivity contribution in [3.63, 3.8) is 0 Å². The summed E-state index contributed by atoms with van der Waals surface area (Å²) in [5.41, 5.74) is 3.24. The molecule has 2 amide bonds. The van der Waals surface area contributed by atoms with Crippen molar-refractivity contribution < 1.29 is 23.8 Å². The third kappa shape index (κ3) is 7.83. The average molecular weight is 576 g/mol. The van der Waals surface area contributed by atoms with Gasteiger partial charge in [0.25, 0.3) is 5.91 Å². The van der Waals surface area contributed by atoms with Crippen LogP contribution in [0.2, 0.25) is 0 Å². The van der Waals surface area contributed by atoms with Crippen LogP contribution in [-0.4, -0.2) is 64.2 Å². The summed E-state index contributed by atoms with van der Waals surface area (Å²) in [6.45, 7) is 7.30. The van der Waals surface area contributed by atoms with Crippen molar-refractivity contribution >= 4 is 12.0 Å². The number of hydrogen-bond acceptors (Lipinski definition) is 6. The first kappa shape index (κ1) is 29.5. The second-order valence-electron chi connectivity index (χ2n) is 11.5. The van der Waals surface area contributed by atoms with E-state index in [0.717, 1.165) is 43.0 Å². The molecule has 222 valence electrons. The molecule has 0 radical (unpaired) electrons. The second-order valence-corrected chi connectivity index (χ2v) is 11.5. The standard InChI is InChI=1S/C32H38FN5O4/c1-20-17-38(18-21(2)35-20)19-22-5-3-6-23(13-22)24-7-4-8-28(14-24)42-31-29(15-25(33)16-34-31)30(39)36-26-9-11-27(12-10-26)37-32(40)41/h3-8,13-16,20-21,26-27,35,37H,9-12,17-19H2,1-2H3,(H,36,39)(H,40,41)/t20-,21+,26?,27?. The number of pyridine rings is 1. The van der Waals surface area contributed by atoms with Gasteiger partial charge in [-0.2, -0.15) is 0 Å². The van der Waals surface area contributed by atoms with Gasteiger partial charge in [-0.15, -0.1) is 0 Å². The first-order valence-electron chi connectivity index (χ1n) is 14.5. The van der Waals surface area contributed by atoms with Crippen LogP contribution in [0.1, 0.15) is 55.5 Å². The van der Waals surface area contributed by atoms with Gasteiger partial charge in [-0.1, -0.05) is 30.3 Å². The number of nitrogens with zero attached hydrogens (tertiary/aromatic N) is 2. The highest BCUT2D eigenvalue weighted by molar-refractivity contribution is 5.96. The fourth-order valence-corrected chi connectivity index (χ4v) is 6.02. The van der Waals surface area contributed by atoms with E-state index in [9.17, 15) is 14.0 Å². The largest absolute Gasteiger partial charge is 0.465 e. The highest BCUT2D eigenvalue weighted by atomic mass is 19.1. The summed E-state index contributed by atoms with van der Waals surface area (Å²) in [6.07, 6.45) is 2.44. The molecule has 1 saturated carbocycles. The number of ether oxygens (including phenoxy) is 1. The van der Waals surface area contributed by atoms with Crippen LogP contribution in [-0.2, 0) is 6.54 Å². The molecule has 3 aromatic rings. The Balaban J connectivity index is 1.27. The van der Waals surface area contributed by atoms with Gasteiger partial charge in [-0.25, -0.2) is 14.2 Å². The molecule has 2 aliphatic rings. The van der Waals surface area contributed by atoms with Crippen molar-refractivity contribution in [3.8, 4) is 22.8 Å². The fourth-order valence-electron chi connectivity index (χ4n) is 6.02. The number of hydrogen-bond donors (Lipinski definition) is 4. The van der Waals surface area contributed by atoms with Crippen LogP contribution in [0.3, 0.4) is 0 Å². The monoisotopic (exact) mass is 575 g/mol. The number of carbonyl (C=O) groups excluding carboxylic acids is 1. The molecule has 2 atom stereocenters. The molecule has 1 saturated heterocycles. The molecule has 1 aromatic heterocycles. The van der Waals surface area contributed by atoms with Gasteiger partial charge in [-0.3, -0.25) is 9.69 Å². The number of piperazine rings is 1.